The van der Waals surface area contributed by atoms with Crippen LogP contribution in [0.25, 0.3) is 0 Å². The number of amides is 2. The van der Waals surface area contributed by atoms with Crippen LogP contribution in [0.4, 0.5) is 5.13 Å². The number of nitrogens with one attached hydrogen (secondary N) is 1. The largest absolute Gasteiger partial charge is 0.477 e. The first-order valence-electron chi connectivity index (χ1n) is 10.2. The molecule has 6 N–H and O–H groups in total. The number of hydrogen-bond donors (Lipinski definition) is 4. The molecule has 1 aromatic heterocycles. The van der Waals surface area contributed by atoms with Crippen LogP contribution in [0.1, 0.15) is 26.0 Å². The lowest BCUT2D eigenvalue weighted by Gasteiger charge is -2.49. The Labute approximate surface area is 202 Å². The Hall–Kier alpha value is -3.17. The van der Waals surface area contributed by atoms with Crippen molar-refractivity contribution in [2.75, 3.05) is 24.6 Å². The van der Waals surface area contributed by atoms with Gasteiger partial charge < -0.3 is 31.5 Å². The molecule has 1 aromatic rings. The Morgan fingerprint density at radius 1 is 1.44 bits per heavy atom. The zero-order valence-corrected chi connectivity index (χ0v) is 20.0. The van der Waals surface area contributed by atoms with E-state index in [1.807, 2.05) is 6.92 Å². The van der Waals surface area contributed by atoms with Gasteiger partial charge in [-0.15, -0.1) is 23.1 Å². The smallest absolute Gasteiger partial charge is 0.352 e. The van der Waals surface area contributed by atoms with Crippen molar-refractivity contribution in [3.8, 4) is 0 Å². The van der Waals surface area contributed by atoms with E-state index in [4.69, 9.17) is 21.0 Å². The highest BCUT2D eigenvalue weighted by atomic mass is 32.2. The van der Waals surface area contributed by atoms with Crippen molar-refractivity contribution in [1.82, 2.24) is 15.2 Å². The number of carboxylic acid groups (broad SMARTS) is 1. The minimum atomic E-state index is -1.33. The second kappa shape index (κ2) is 10.8. The van der Waals surface area contributed by atoms with E-state index in [0.29, 0.717) is 12.0 Å². The molecule has 1 fully saturated rings. The summed E-state index contributed by atoms with van der Waals surface area (Å²) in [5.41, 5.74) is 11.3. The first-order chi connectivity index (χ1) is 16.2. The van der Waals surface area contributed by atoms with Gasteiger partial charge in [0.15, 0.2) is 10.8 Å². The third-order valence-corrected chi connectivity index (χ3v) is 6.99. The van der Waals surface area contributed by atoms with Crippen LogP contribution in [-0.4, -0.2) is 80.9 Å². The van der Waals surface area contributed by atoms with Crippen LogP contribution < -0.4 is 16.8 Å². The van der Waals surface area contributed by atoms with E-state index in [1.54, 1.807) is 0 Å². The summed E-state index contributed by atoms with van der Waals surface area (Å²) in [5, 5.41) is 17.2. The van der Waals surface area contributed by atoms with Crippen LogP contribution in [0.5, 0.6) is 0 Å². The maximum atomic E-state index is 13.0. The summed E-state index contributed by atoms with van der Waals surface area (Å²) in [6.07, 6.45) is 0.135. The van der Waals surface area contributed by atoms with Crippen molar-refractivity contribution in [2.45, 2.75) is 37.8 Å². The van der Waals surface area contributed by atoms with Gasteiger partial charge in [-0.1, -0.05) is 12.1 Å². The Morgan fingerprint density at radius 2 is 2.18 bits per heavy atom. The fourth-order valence-corrected chi connectivity index (χ4v) is 5.08. The Balaban J connectivity index is 1.79. The molecule has 2 aliphatic rings. The number of carboxylic acids is 1. The van der Waals surface area contributed by atoms with Gasteiger partial charge in [0.05, 0.1) is 0 Å². The highest BCUT2D eigenvalue weighted by Crippen LogP contribution is 2.40. The number of hydrogen-bond acceptors (Lipinski definition) is 12. The van der Waals surface area contributed by atoms with Gasteiger partial charge >= 0.3 is 11.9 Å². The molecule has 3 rings (SSSR count). The molecule has 2 aliphatic heterocycles. The molecular weight excluding hydrogens is 488 g/mol. The van der Waals surface area contributed by atoms with E-state index in [0.717, 1.165) is 16.2 Å². The second-order valence-corrected chi connectivity index (χ2v) is 9.28. The molecule has 1 unspecified atom stereocenters. The zero-order valence-electron chi connectivity index (χ0n) is 18.3. The molecule has 0 aromatic carbocycles. The maximum absolute atomic E-state index is 13.0. The number of ether oxygens (including phenoxy) is 1. The summed E-state index contributed by atoms with van der Waals surface area (Å²) < 4.78 is 4.91. The van der Waals surface area contributed by atoms with E-state index in [2.05, 4.69) is 15.5 Å². The highest BCUT2D eigenvalue weighted by molar-refractivity contribution is 8.00. The summed E-state index contributed by atoms with van der Waals surface area (Å²) >= 11 is 2.34. The molecule has 0 bridgehead atoms. The number of carbonyl (C=O) groups is 4. The molecule has 0 aliphatic carbocycles. The molecule has 184 valence electrons. The lowest BCUT2D eigenvalue weighted by atomic mass is 10.0. The number of carbonyl (C=O) groups excluding carboxylic acids is 3. The molecule has 0 radical (unpaired) electrons. The number of β-lactam (4-membered cyclic amide) rings is 1. The number of nitrogens with zero attached hydrogens (tertiary/aromatic N) is 3. The van der Waals surface area contributed by atoms with Gasteiger partial charge in [0.25, 0.3) is 11.8 Å². The average molecular weight is 513 g/mol. The number of nitrogens with two attached hydrogens (primary N) is 2. The Kier molecular flexibility index (Phi) is 8.11. The SMILES string of the molecule is CCC(CN)ON=C(C(=O)N[C@@H]1C(=O)N2C(C(=O)O)=C(COC(C)=O)CS[C@H]12)c1csc(N)n1. The molecule has 1 saturated heterocycles. The van der Waals surface area contributed by atoms with Crippen LogP contribution in [0.15, 0.2) is 21.8 Å². The second-order valence-electron chi connectivity index (χ2n) is 7.28. The number of anilines is 1. The molecule has 2 amide bonds. The fraction of sp³-hybridized carbons (Fsp3) is 0.474. The number of thioether (sulfide) groups is 1. The van der Waals surface area contributed by atoms with E-state index < -0.39 is 41.3 Å². The lowest BCUT2D eigenvalue weighted by molar-refractivity contribution is -0.150. The number of rotatable bonds is 10. The quantitative estimate of drug-likeness (QED) is 0.136. The molecular formula is C19H24N6O7S2. The first-order valence-corrected chi connectivity index (χ1v) is 12.1. The minimum Gasteiger partial charge on any atom is -0.477 e. The van der Waals surface area contributed by atoms with Crippen molar-refractivity contribution in [3.05, 3.63) is 22.3 Å². The number of thiazole rings is 1. The Morgan fingerprint density at radius 3 is 2.74 bits per heavy atom. The van der Waals surface area contributed by atoms with Gasteiger partial charge in [0.2, 0.25) is 0 Å². The third-order valence-electron chi connectivity index (χ3n) is 4.98. The van der Waals surface area contributed by atoms with Gasteiger partial charge in [-0.3, -0.25) is 19.3 Å². The number of aromatic nitrogens is 1. The summed E-state index contributed by atoms with van der Waals surface area (Å²) in [7, 11) is 0. The van der Waals surface area contributed by atoms with Crippen molar-refractivity contribution in [2.24, 2.45) is 10.9 Å². The van der Waals surface area contributed by atoms with Gasteiger partial charge in [-0.2, -0.15) is 0 Å². The van der Waals surface area contributed by atoms with Gasteiger partial charge in [-0.25, -0.2) is 9.78 Å². The van der Waals surface area contributed by atoms with Gasteiger partial charge in [-0.05, 0) is 6.42 Å². The summed E-state index contributed by atoms with van der Waals surface area (Å²) in [6, 6.07) is -1.00. The number of aliphatic carboxylic acids is 1. The highest BCUT2D eigenvalue weighted by Gasteiger charge is 2.54. The number of nitrogen functional groups attached to an aromatic ring is 1. The maximum Gasteiger partial charge on any atom is 0.352 e. The zero-order chi connectivity index (χ0) is 25.0. The third kappa shape index (κ3) is 5.31. The predicted octanol–water partition coefficient (Wildman–Crippen LogP) is -0.515. The van der Waals surface area contributed by atoms with E-state index in [9.17, 15) is 24.3 Å². The van der Waals surface area contributed by atoms with Crippen molar-refractivity contribution >= 4 is 57.7 Å². The van der Waals surface area contributed by atoms with E-state index in [1.165, 1.54) is 24.1 Å². The summed E-state index contributed by atoms with van der Waals surface area (Å²) in [6.45, 7) is 2.99. The Bertz CT molecular complexity index is 1050. The van der Waals surface area contributed by atoms with E-state index in [-0.39, 0.29) is 41.1 Å². The predicted molar refractivity (Wildman–Crippen MR) is 124 cm³/mol. The van der Waals surface area contributed by atoms with Crippen LogP contribution in [0.3, 0.4) is 0 Å². The normalized spacial score (nSPS) is 20.9. The minimum absolute atomic E-state index is 0.168. The topological polar surface area (TPSA) is 200 Å². The van der Waals surface area contributed by atoms with Crippen molar-refractivity contribution in [3.63, 3.8) is 0 Å². The summed E-state index contributed by atoms with van der Waals surface area (Å²) in [4.78, 5) is 59.3. The standard InChI is InChI=1S/C19H24N6O7S2/c1-3-10(4-20)32-24-12(11-7-34-19(21)22-11)15(27)23-13-16(28)25-14(18(29)30)9(5-31-8(2)26)6-33-17(13)25/h7,10,13,17H,3-6,20H2,1-2H3,(H2,21,22)(H,23,27)(H,29,30)/t10?,13-,17-/m1/s1. The monoisotopic (exact) mass is 512 g/mol. The van der Waals surface area contributed by atoms with Crippen LogP contribution in [0.2, 0.25) is 0 Å². The van der Waals surface area contributed by atoms with Crippen molar-refractivity contribution in [1.29, 1.82) is 0 Å². The van der Waals surface area contributed by atoms with Crippen LogP contribution in [-0.2, 0) is 28.8 Å². The number of esters is 1. The molecule has 3 atom stereocenters. The molecule has 3 heterocycles. The lowest BCUT2D eigenvalue weighted by Crippen LogP contribution is -2.71. The molecule has 0 spiro atoms. The van der Waals surface area contributed by atoms with Crippen LogP contribution >= 0.6 is 23.1 Å². The fourth-order valence-electron chi connectivity index (χ4n) is 3.21. The van der Waals surface area contributed by atoms with Crippen LogP contribution in [0, 0.1) is 0 Å². The number of oxime groups is 1. The first kappa shape index (κ1) is 25.5. The van der Waals surface area contributed by atoms with Gasteiger partial charge in [0.1, 0.15) is 35.5 Å². The molecule has 0 saturated carbocycles. The van der Waals surface area contributed by atoms with Crippen molar-refractivity contribution < 1.29 is 33.9 Å². The average Bonchev–Trinajstić information content (AvgIpc) is 3.23. The van der Waals surface area contributed by atoms with Gasteiger partial charge in [0, 0.05) is 30.2 Å². The summed E-state index contributed by atoms with van der Waals surface area (Å²) in [5.74, 6) is -3.04. The number of fused-ring (bicyclic) bond motifs is 1. The van der Waals surface area contributed by atoms with E-state index >= 15 is 0 Å². The molecule has 13 nitrogen and oxygen atoms in total. The molecule has 15 heteroatoms. The molecule has 34 heavy (non-hydrogen) atoms.